The lowest BCUT2D eigenvalue weighted by Gasteiger charge is -2.57. The van der Waals surface area contributed by atoms with Crippen LogP contribution in [-0.2, 0) is 4.74 Å². The second-order valence-electron chi connectivity index (χ2n) is 11.4. The Labute approximate surface area is 159 Å². The molecule has 4 aliphatic carbocycles. The Hall–Kier alpha value is -0.340. The molecule has 2 heteroatoms. The second kappa shape index (κ2) is 5.83. The van der Waals surface area contributed by atoms with E-state index in [0.717, 1.165) is 30.1 Å². The molecular formula is C24H38O2. The van der Waals surface area contributed by atoms with E-state index in [9.17, 15) is 5.11 Å². The number of aliphatic hydroxyl groups excluding tert-OH is 1. The van der Waals surface area contributed by atoms with Gasteiger partial charge in [0.25, 0.3) is 0 Å². The van der Waals surface area contributed by atoms with Crippen molar-refractivity contribution in [2.45, 2.75) is 96.2 Å². The van der Waals surface area contributed by atoms with Crippen LogP contribution >= 0.6 is 0 Å². The number of rotatable bonds is 3. The molecule has 1 heterocycles. The largest absolute Gasteiger partial charge is 0.396 e. The van der Waals surface area contributed by atoms with Crippen molar-refractivity contribution in [3.8, 4) is 0 Å². The molecule has 7 atom stereocenters. The maximum atomic E-state index is 9.25. The van der Waals surface area contributed by atoms with Crippen LogP contribution < -0.4 is 0 Å². The van der Waals surface area contributed by atoms with Crippen molar-refractivity contribution in [3.63, 3.8) is 0 Å². The maximum absolute atomic E-state index is 9.25. The summed E-state index contributed by atoms with van der Waals surface area (Å²) in [6.07, 6.45) is 14.7. The SMILES string of the molecule is C=C1CC2(CCC(CCCO)C2)C2OC23CCCC(C3)C2C1CC2(C)C. The second-order valence-corrected chi connectivity index (χ2v) is 11.4. The summed E-state index contributed by atoms with van der Waals surface area (Å²) in [5, 5.41) is 9.25. The van der Waals surface area contributed by atoms with Gasteiger partial charge in [-0.3, -0.25) is 0 Å². The molecule has 1 N–H and O–H groups in total. The van der Waals surface area contributed by atoms with Crippen LogP contribution in [0.5, 0.6) is 0 Å². The van der Waals surface area contributed by atoms with Gasteiger partial charge in [0.05, 0.1) is 11.7 Å². The molecular weight excluding hydrogens is 320 g/mol. The number of ether oxygens (including phenoxy) is 1. The summed E-state index contributed by atoms with van der Waals surface area (Å²) in [7, 11) is 0. The van der Waals surface area contributed by atoms with Crippen LogP contribution in [0.1, 0.15) is 84.5 Å². The molecule has 1 aliphatic heterocycles. The Morgan fingerprint density at radius 2 is 2.00 bits per heavy atom. The molecule has 2 nitrogen and oxygen atoms in total. The van der Waals surface area contributed by atoms with Crippen molar-refractivity contribution in [1.29, 1.82) is 0 Å². The summed E-state index contributed by atoms with van der Waals surface area (Å²) in [5.41, 5.74) is 2.66. The fourth-order valence-electron chi connectivity index (χ4n) is 8.40. The van der Waals surface area contributed by atoms with Gasteiger partial charge < -0.3 is 9.84 Å². The molecule has 2 spiro atoms. The Bertz CT molecular complexity index is 595. The van der Waals surface area contributed by atoms with Gasteiger partial charge in [-0.25, -0.2) is 0 Å². The highest BCUT2D eigenvalue weighted by atomic mass is 16.6. The van der Waals surface area contributed by atoms with E-state index in [1.165, 1.54) is 64.2 Å². The predicted octanol–water partition coefficient (Wildman–Crippen LogP) is 5.50. The molecule has 0 amide bonds. The van der Waals surface area contributed by atoms with Gasteiger partial charge in [0.1, 0.15) is 0 Å². The molecule has 0 radical (unpaired) electrons. The highest BCUT2D eigenvalue weighted by Crippen LogP contribution is 2.70. The number of hydrogen-bond acceptors (Lipinski definition) is 2. The molecule has 2 bridgehead atoms. The van der Waals surface area contributed by atoms with Crippen LogP contribution in [0.3, 0.4) is 0 Å². The van der Waals surface area contributed by atoms with Crippen molar-refractivity contribution < 1.29 is 9.84 Å². The van der Waals surface area contributed by atoms with Crippen molar-refractivity contribution in [3.05, 3.63) is 12.2 Å². The number of fused-ring (bicyclic) bond motifs is 4. The van der Waals surface area contributed by atoms with Crippen LogP contribution in [0.25, 0.3) is 0 Å². The molecule has 0 aromatic heterocycles. The Morgan fingerprint density at radius 3 is 2.77 bits per heavy atom. The van der Waals surface area contributed by atoms with E-state index in [0.29, 0.717) is 23.5 Å². The standard InChI is InChI=1S/C24H38O2/c1-16-12-23(10-8-17(13-23)6-5-11-25)21-24(26-21)9-4-7-18(14-24)20-19(16)15-22(20,2)3/h17-21,25H,1,4-15H2,2-3H3. The zero-order valence-electron chi connectivity index (χ0n) is 16.9. The van der Waals surface area contributed by atoms with Crippen LogP contribution in [0, 0.1) is 34.5 Å². The molecule has 0 aromatic carbocycles. The van der Waals surface area contributed by atoms with Crippen molar-refractivity contribution in [2.24, 2.45) is 34.5 Å². The van der Waals surface area contributed by atoms with E-state index in [1.54, 1.807) is 5.57 Å². The van der Waals surface area contributed by atoms with Crippen molar-refractivity contribution >= 4 is 0 Å². The topological polar surface area (TPSA) is 32.8 Å². The highest BCUT2D eigenvalue weighted by Gasteiger charge is 2.69. The molecule has 5 rings (SSSR count). The van der Waals surface area contributed by atoms with Gasteiger partial charge >= 0.3 is 0 Å². The molecule has 7 unspecified atom stereocenters. The van der Waals surface area contributed by atoms with Crippen LogP contribution in [-0.4, -0.2) is 23.4 Å². The lowest BCUT2D eigenvalue weighted by atomic mass is 9.48. The monoisotopic (exact) mass is 358 g/mol. The van der Waals surface area contributed by atoms with Gasteiger partial charge in [-0.05, 0) is 93.3 Å². The molecule has 146 valence electrons. The Kier molecular flexibility index (Phi) is 3.98. The Balaban J connectivity index is 1.44. The summed E-state index contributed by atoms with van der Waals surface area (Å²) in [4.78, 5) is 0. The predicted molar refractivity (Wildman–Crippen MR) is 105 cm³/mol. The maximum Gasteiger partial charge on any atom is 0.0957 e. The minimum Gasteiger partial charge on any atom is -0.396 e. The quantitative estimate of drug-likeness (QED) is 0.534. The van der Waals surface area contributed by atoms with E-state index in [2.05, 4.69) is 20.4 Å². The molecule has 4 saturated carbocycles. The molecule has 26 heavy (non-hydrogen) atoms. The molecule has 5 aliphatic rings. The first-order valence-corrected chi connectivity index (χ1v) is 11.4. The minimum absolute atomic E-state index is 0.232. The van der Waals surface area contributed by atoms with Crippen LogP contribution in [0.15, 0.2) is 12.2 Å². The van der Waals surface area contributed by atoms with E-state index >= 15 is 0 Å². The van der Waals surface area contributed by atoms with Gasteiger partial charge in [-0.2, -0.15) is 0 Å². The third-order valence-electron chi connectivity index (χ3n) is 9.32. The van der Waals surface area contributed by atoms with Gasteiger partial charge in [-0.15, -0.1) is 0 Å². The van der Waals surface area contributed by atoms with Gasteiger partial charge in [0, 0.05) is 12.0 Å². The fraction of sp³-hybridized carbons (Fsp3) is 0.917. The smallest absolute Gasteiger partial charge is 0.0957 e. The van der Waals surface area contributed by atoms with Gasteiger partial charge in [0.15, 0.2) is 0 Å². The Morgan fingerprint density at radius 1 is 1.15 bits per heavy atom. The highest BCUT2D eigenvalue weighted by molar-refractivity contribution is 5.25. The van der Waals surface area contributed by atoms with Crippen molar-refractivity contribution in [2.75, 3.05) is 6.61 Å². The average molecular weight is 359 g/mol. The molecule has 0 aromatic rings. The van der Waals surface area contributed by atoms with Gasteiger partial charge in [0.2, 0.25) is 0 Å². The third-order valence-corrected chi connectivity index (χ3v) is 9.32. The molecule has 1 saturated heterocycles. The third kappa shape index (κ3) is 2.50. The van der Waals surface area contributed by atoms with E-state index in [1.807, 2.05) is 0 Å². The van der Waals surface area contributed by atoms with E-state index in [4.69, 9.17) is 4.74 Å². The zero-order valence-corrected chi connectivity index (χ0v) is 16.9. The normalized spacial score (nSPS) is 51.7. The van der Waals surface area contributed by atoms with Crippen LogP contribution in [0.2, 0.25) is 0 Å². The zero-order chi connectivity index (χ0) is 18.2. The average Bonchev–Trinajstić information content (AvgIpc) is 3.11. The molecule has 5 fully saturated rings. The number of epoxide rings is 1. The van der Waals surface area contributed by atoms with E-state index in [-0.39, 0.29) is 5.60 Å². The summed E-state index contributed by atoms with van der Waals surface area (Å²) >= 11 is 0. The summed E-state index contributed by atoms with van der Waals surface area (Å²) in [6, 6.07) is 0. The first-order valence-electron chi connectivity index (χ1n) is 11.4. The van der Waals surface area contributed by atoms with Crippen LogP contribution in [0.4, 0.5) is 0 Å². The van der Waals surface area contributed by atoms with E-state index < -0.39 is 0 Å². The lowest BCUT2D eigenvalue weighted by molar-refractivity contribution is -0.0568. The lowest BCUT2D eigenvalue weighted by Crippen LogP contribution is -2.50. The number of hydrogen-bond donors (Lipinski definition) is 1. The van der Waals surface area contributed by atoms with Gasteiger partial charge in [-0.1, -0.05) is 32.4 Å². The number of allylic oxidation sites excluding steroid dienone is 1. The summed E-state index contributed by atoms with van der Waals surface area (Å²) < 4.78 is 6.68. The van der Waals surface area contributed by atoms with Crippen molar-refractivity contribution in [1.82, 2.24) is 0 Å². The summed E-state index contributed by atoms with van der Waals surface area (Å²) in [5.74, 6) is 3.28. The first kappa shape index (κ1) is 17.7. The fourth-order valence-corrected chi connectivity index (χ4v) is 8.40. The first-order chi connectivity index (χ1) is 12.4. The minimum atomic E-state index is 0.232. The number of aliphatic hydroxyl groups is 1. The summed E-state index contributed by atoms with van der Waals surface area (Å²) in [6.45, 7) is 10.0.